The second kappa shape index (κ2) is 3.75. The molecule has 1 aromatic heterocycles. The molecule has 0 aliphatic carbocycles. The van der Waals surface area contributed by atoms with Crippen LogP contribution in [0.3, 0.4) is 0 Å². The SMILES string of the molecule is [2H]C([2H])([2H])C([2H])([2H])C([2H])([2H])Oc1cnc(N)cn1. The van der Waals surface area contributed by atoms with Crippen molar-refractivity contribution in [2.75, 3.05) is 12.3 Å². The quantitative estimate of drug-likeness (QED) is 0.712. The predicted molar refractivity (Wildman–Crippen MR) is 42.2 cm³/mol. The van der Waals surface area contributed by atoms with E-state index in [1.807, 2.05) is 0 Å². The Labute approximate surface area is 75.3 Å². The molecule has 1 aromatic rings. The second-order valence-corrected chi connectivity index (χ2v) is 1.61. The largest absolute Gasteiger partial charge is 0.477 e. The number of rotatable bonds is 3. The zero-order valence-electron chi connectivity index (χ0n) is 12.5. The van der Waals surface area contributed by atoms with Crippen molar-refractivity contribution in [1.82, 2.24) is 9.97 Å². The highest BCUT2D eigenvalue weighted by atomic mass is 16.5. The number of nitrogens with two attached hydrogens (primary N) is 1. The van der Waals surface area contributed by atoms with Crippen LogP contribution in [0.1, 0.15) is 22.8 Å². The first-order valence-corrected chi connectivity index (χ1v) is 2.74. The van der Waals surface area contributed by atoms with E-state index < -0.39 is 19.8 Å². The van der Waals surface area contributed by atoms with E-state index in [0.717, 1.165) is 12.4 Å². The van der Waals surface area contributed by atoms with Crippen LogP contribution < -0.4 is 10.5 Å². The van der Waals surface area contributed by atoms with E-state index in [2.05, 4.69) is 14.7 Å². The smallest absolute Gasteiger partial charge is 0.232 e. The molecule has 0 saturated heterocycles. The Morgan fingerprint density at radius 3 is 3.27 bits per heavy atom. The Morgan fingerprint density at radius 2 is 2.64 bits per heavy atom. The number of nitrogens with zero attached hydrogens (tertiary/aromatic N) is 2. The van der Waals surface area contributed by atoms with Crippen molar-refractivity contribution in [3.05, 3.63) is 12.4 Å². The standard InChI is InChI=1S/C7H11N3O/c1-2-3-11-7-5-9-6(8)4-10-7/h4-5H,2-3H2,1H3,(H2,8,9)/i1D3,2D2,3D2. The Kier molecular flexibility index (Phi) is 0.894. The van der Waals surface area contributed by atoms with Crippen molar-refractivity contribution in [2.45, 2.75) is 13.2 Å². The highest BCUT2D eigenvalue weighted by Crippen LogP contribution is 2.04. The molecular weight excluding hydrogens is 142 g/mol. The summed E-state index contributed by atoms with van der Waals surface area (Å²) < 4.78 is 54.9. The van der Waals surface area contributed by atoms with Crippen molar-refractivity contribution in [3.63, 3.8) is 0 Å². The van der Waals surface area contributed by atoms with E-state index in [9.17, 15) is 0 Å². The van der Waals surface area contributed by atoms with Crippen LogP contribution in [-0.4, -0.2) is 16.5 Å². The summed E-state index contributed by atoms with van der Waals surface area (Å²) in [6.07, 6.45) is -1.15. The fraction of sp³-hybridized carbons (Fsp3) is 0.429. The molecule has 60 valence electrons. The summed E-state index contributed by atoms with van der Waals surface area (Å²) in [6, 6.07) is 0. The van der Waals surface area contributed by atoms with E-state index in [0.29, 0.717) is 0 Å². The highest BCUT2D eigenvalue weighted by molar-refractivity contribution is 5.24. The zero-order chi connectivity index (χ0) is 14.2. The Balaban J connectivity index is 2.97. The molecule has 0 unspecified atom stereocenters. The molecule has 0 atom stereocenters. The fourth-order valence-corrected chi connectivity index (χ4v) is 0.457. The third-order valence-corrected chi connectivity index (χ3v) is 0.855. The molecular formula is C7H11N3O. The lowest BCUT2D eigenvalue weighted by atomic mass is 10.5. The molecule has 4 nitrogen and oxygen atoms in total. The first-order valence-electron chi connectivity index (χ1n) is 6.24. The molecule has 1 rings (SSSR count). The van der Waals surface area contributed by atoms with Gasteiger partial charge in [0.05, 0.1) is 21.7 Å². The third-order valence-electron chi connectivity index (χ3n) is 0.855. The molecule has 1 heterocycles. The van der Waals surface area contributed by atoms with E-state index in [-0.39, 0.29) is 11.7 Å². The number of hydrogen-bond acceptors (Lipinski definition) is 4. The van der Waals surface area contributed by atoms with Gasteiger partial charge >= 0.3 is 0 Å². The molecule has 0 bridgehead atoms. The summed E-state index contributed by atoms with van der Waals surface area (Å²) in [5, 5.41) is 0. The van der Waals surface area contributed by atoms with Crippen molar-refractivity contribution < 1.29 is 14.3 Å². The van der Waals surface area contributed by atoms with Crippen LogP contribution in [0.15, 0.2) is 12.4 Å². The average Bonchev–Trinajstić information content (AvgIpc) is 2.19. The van der Waals surface area contributed by atoms with Crippen LogP contribution in [0, 0.1) is 0 Å². The van der Waals surface area contributed by atoms with Crippen LogP contribution in [-0.2, 0) is 0 Å². The van der Waals surface area contributed by atoms with Gasteiger partial charge < -0.3 is 10.5 Å². The van der Waals surface area contributed by atoms with E-state index in [1.54, 1.807) is 0 Å². The van der Waals surface area contributed by atoms with Gasteiger partial charge in [0.15, 0.2) is 0 Å². The Morgan fingerprint density at radius 1 is 1.73 bits per heavy atom. The van der Waals surface area contributed by atoms with Crippen molar-refractivity contribution in [3.8, 4) is 5.88 Å². The van der Waals surface area contributed by atoms with Crippen molar-refractivity contribution >= 4 is 5.82 Å². The van der Waals surface area contributed by atoms with Gasteiger partial charge in [0.1, 0.15) is 5.82 Å². The van der Waals surface area contributed by atoms with Gasteiger partial charge in [-0.3, -0.25) is 0 Å². The number of ether oxygens (including phenoxy) is 1. The van der Waals surface area contributed by atoms with Gasteiger partial charge in [-0.2, -0.15) is 0 Å². The number of hydrogen-bond donors (Lipinski definition) is 1. The van der Waals surface area contributed by atoms with E-state index >= 15 is 0 Å². The Bertz CT molecular complexity index is 416. The summed E-state index contributed by atoms with van der Waals surface area (Å²) in [5.41, 5.74) is 5.26. The van der Waals surface area contributed by atoms with Crippen LogP contribution in [0.4, 0.5) is 5.82 Å². The average molecular weight is 160 g/mol. The summed E-state index contributed by atoms with van der Waals surface area (Å²) >= 11 is 0. The van der Waals surface area contributed by atoms with E-state index in [4.69, 9.17) is 15.3 Å². The highest BCUT2D eigenvalue weighted by Gasteiger charge is 1.92. The zero-order valence-corrected chi connectivity index (χ0v) is 5.53. The molecule has 0 aliphatic rings. The van der Waals surface area contributed by atoms with Crippen molar-refractivity contribution in [2.24, 2.45) is 0 Å². The minimum atomic E-state index is -3.21. The van der Waals surface area contributed by atoms with Crippen LogP contribution in [0.5, 0.6) is 5.88 Å². The monoisotopic (exact) mass is 160 g/mol. The normalized spacial score (nSPS) is 22.7. The van der Waals surface area contributed by atoms with Gasteiger partial charge in [-0.15, -0.1) is 0 Å². The molecule has 0 aromatic carbocycles. The first kappa shape index (κ1) is 2.62. The maximum absolute atomic E-state index is 7.39. The molecule has 4 heteroatoms. The maximum Gasteiger partial charge on any atom is 0.232 e. The minimum Gasteiger partial charge on any atom is -0.477 e. The van der Waals surface area contributed by atoms with Gasteiger partial charge in [-0.1, -0.05) is 6.85 Å². The molecule has 0 amide bonds. The minimum absolute atomic E-state index is 0.0711. The number of aromatic nitrogens is 2. The van der Waals surface area contributed by atoms with Gasteiger partial charge in [0.25, 0.3) is 0 Å². The molecule has 0 spiro atoms. The van der Waals surface area contributed by atoms with Crippen LogP contribution >= 0.6 is 0 Å². The first-order chi connectivity index (χ1) is 7.97. The molecule has 0 saturated carbocycles. The summed E-state index contributed by atoms with van der Waals surface area (Å²) in [7, 11) is 0. The number of nitrogen functional groups attached to an aromatic ring is 1. The molecule has 0 radical (unpaired) electrons. The third kappa shape index (κ3) is 2.41. The molecule has 0 aliphatic heterocycles. The van der Waals surface area contributed by atoms with E-state index in [1.165, 1.54) is 0 Å². The Hall–Kier alpha value is -1.32. The van der Waals surface area contributed by atoms with Gasteiger partial charge in [-0.25, -0.2) is 9.97 Å². The lowest BCUT2D eigenvalue weighted by molar-refractivity contribution is 0.304. The van der Waals surface area contributed by atoms with Crippen LogP contribution in [0.2, 0.25) is 0 Å². The predicted octanol–water partition coefficient (Wildman–Crippen LogP) is 0.848. The van der Waals surface area contributed by atoms with Crippen molar-refractivity contribution in [1.29, 1.82) is 0 Å². The topological polar surface area (TPSA) is 61.0 Å². The molecule has 11 heavy (non-hydrogen) atoms. The van der Waals surface area contributed by atoms with Gasteiger partial charge in [0.2, 0.25) is 5.88 Å². The lowest BCUT2D eigenvalue weighted by Gasteiger charge is -2.01. The molecule has 0 fully saturated rings. The lowest BCUT2D eigenvalue weighted by Crippen LogP contribution is -1.99. The van der Waals surface area contributed by atoms with Gasteiger partial charge in [-0.05, 0) is 6.37 Å². The molecule has 2 N–H and O–H groups in total. The maximum atomic E-state index is 7.39. The fourth-order valence-electron chi connectivity index (χ4n) is 0.457. The summed E-state index contributed by atoms with van der Waals surface area (Å²) in [5.74, 6) is -0.288. The summed E-state index contributed by atoms with van der Waals surface area (Å²) in [6.45, 7) is -6.28. The number of anilines is 1. The summed E-state index contributed by atoms with van der Waals surface area (Å²) in [4.78, 5) is 7.13. The van der Waals surface area contributed by atoms with Gasteiger partial charge in [0, 0.05) is 6.85 Å². The second-order valence-electron chi connectivity index (χ2n) is 1.61. The van der Waals surface area contributed by atoms with Crippen LogP contribution in [0.25, 0.3) is 0 Å².